The standard InChI is InChI=1S/C17H11F3N2O7S2.2Na/c18-17(19,20)10-1-3-11(4-2-10)21-22-15-14(31(27,28)29)8-9-7-12(30(24,25)26)5-6-13(9)16(15)23;;/h1-8,23H,(H,24,25,26)(H,27,28,29);;/q;2*+1/p-2. The molecule has 3 aromatic rings. The van der Waals surface area contributed by atoms with Crippen molar-refractivity contribution in [2.24, 2.45) is 10.2 Å². The Bertz CT molecular complexity index is 1430. The van der Waals surface area contributed by atoms with Crippen LogP contribution in [0.2, 0.25) is 0 Å². The molecular weight excluding hydrogens is 511 g/mol. The van der Waals surface area contributed by atoms with E-state index in [1.807, 2.05) is 0 Å². The summed E-state index contributed by atoms with van der Waals surface area (Å²) in [6, 6.07) is 6.51. The van der Waals surface area contributed by atoms with Gasteiger partial charge in [-0.3, -0.25) is 4.55 Å². The smallest absolute Gasteiger partial charge is 0.871 e. The van der Waals surface area contributed by atoms with Crippen LogP contribution in [0.3, 0.4) is 0 Å². The molecule has 0 aliphatic carbocycles. The van der Waals surface area contributed by atoms with Crippen LogP contribution >= 0.6 is 0 Å². The number of rotatable bonds is 4. The molecule has 16 heteroatoms. The molecule has 164 valence electrons. The van der Waals surface area contributed by atoms with Crippen LogP contribution in [0.4, 0.5) is 24.5 Å². The maximum atomic E-state index is 12.7. The summed E-state index contributed by atoms with van der Waals surface area (Å²) in [4.78, 5) is -1.76. The summed E-state index contributed by atoms with van der Waals surface area (Å²) in [5.74, 6) is -1.07. The van der Waals surface area contributed by atoms with Gasteiger partial charge in [0.15, 0.2) is 0 Å². The largest absolute Gasteiger partial charge is 1.00 e. The molecule has 3 rings (SSSR count). The zero-order valence-electron chi connectivity index (χ0n) is 16.9. The Hall–Kier alpha value is -1.07. The van der Waals surface area contributed by atoms with Crippen LogP contribution in [-0.4, -0.2) is 25.9 Å². The Balaban J connectivity index is 0.00000272. The Kier molecular flexibility index (Phi) is 9.70. The molecular formula is C17H9F3N2Na2O7S2. The number of azo groups is 1. The molecule has 0 atom stereocenters. The minimum Gasteiger partial charge on any atom is -0.871 e. The van der Waals surface area contributed by atoms with E-state index in [0.717, 1.165) is 36.4 Å². The average molecular weight is 520 g/mol. The Morgan fingerprint density at radius 1 is 0.879 bits per heavy atom. The molecule has 0 amide bonds. The predicted molar refractivity (Wildman–Crippen MR) is 96.8 cm³/mol. The summed E-state index contributed by atoms with van der Waals surface area (Å²) in [5.41, 5.74) is -1.97. The van der Waals surface area contributed by atoms with E-state index in [-0.39, 0.29) is 75.6 Å². The molecule has 0 saturated heterocycles. The summed E-state index contributed by atoms with van der Waals surface area (Å²) in [7, 11) is -9.97. The Morgan fingerprint density at radius 3 is 1.94 bits per heavy atom. The molecule has 0 aliphatic rings. The molecule has 0 fully saturated rings. The van der Waals surface area contributed by atoms with Crippen molar-refractivity contribution in [2.45, 2.75) is 16.0 Å². The van der Waals surface area contributed by atoms with Gasteiger partial charge >= 0.3 is 65.3 Å². The van der Waals surface area contributed by atoms with E-state index in [4.69, 9.17) is 0 Å². The van der Waals surface area contributed by atoms with Gasteiger partial charge in [0.2, 0.25) is 0 Å². The van der Waals surface area contributed by atoms with Gasteiger partial charge < -0.3 is 9.66 Å². The predicted octanol–water partition coefficient (Wildman–Crippen LogP) is -2.49. The van der Waals surface area contributed by atoms with Crippen molar-refractivity contribution < 1.29 is 103 Å². The van der Waals surface area contributed by atoms with Gasteiger partial charge in [0.1, 0.15) is 15.0 Å². The van der Waals surface area contributed by atoms with E-state index in [9.17, 15) is 44.2 Å². The third-order valence-electron chi connectivity index (χ3n) is 4.03. The molecule has 1 N–H and O–H groups in total. The molecule has 0 heterocycles. The van der Waals surface area contributed by atoms with Gasteiger partial charge in [-0.2, -0.15) is 26.7 Å². The van der Waals surface area contributed by atoms with Crippen LogP contribution in [0.25, 0.3) is 10.8 Å². The second-order valence-corrected chi connectivity index (χ2v) is 8.88. The first-order chi connectivity index (χ1) is 14.2. The first kappa shape index (κ1) is 30.0. The quantitative estimate of drug-likeness (QED) is 0.226. The molecule has 33 heavy (non-hydrogen) atoms. The average Bonchev–Trinajstić information content (AvgIpc) is 2.65. The van der Waals surface area contributed by atoms with Crippen LogP contribution in [0, 0.1) is 0 Å². The first-order valence-electron chi connectivity index (χ1n) is 7.98. The van der Waals surface area contributed by atoms with Crippen LogP contribution in [-0.2, 0) is 26.4 Å². The van der Waals surface area contributed by atoms with Crippen molar-refractivity contribution in [2.75, 3.05) is 0 Å². The number of hydrogen-bond acceptors (Lipinski definition) is 8. The van der Waals surface area contributed by atoms with E-state index < -0.39 is 53.2 Å². The van der Waals surface area contributed by atoms with E-state index in [0.29, 0.717) is 12.1 Å². The monoisotopic (exact) mass is 520 g/mol. The van der Waals surface area contributed by atoms with Crippen molar-refractivity contribution in [3.63, 3.8) is 0 Å². The minimum absolute atomic E-state index is 0. The zero-order chi connectivity index (χ0) is 23.2. The number of fused-ring (bicyclic) bond motifs is 1. The van der Waals surface area contributed by atoms with Gasteiger partial charge in [-0.05, 0) is 53.2 Å². The van der Waals surface area contributed by atoms with Gasteiger partial charge in [0, 0.05) is 0 Å². The fraction of sp³-hybridized carbons (Fsp3) is 0.0588. The number of nitrogens with zero attached hydrogens (tertiary/aromatic N) is 2. The molecule has 0 unspecified atom stereocenters. The number of benzene rings is 3. The van der Waals surface area contributed by atoms with Crippen molar-refractivity contribution in [1.29, 1.82) is 0 Å². The van der Waals surface area contributed by atoms with Crippen molar-refractivity contribution in [1.82, 2.24) is 0 Å². The summed E-state index contributed by atoms with van der Waals surface area (Å²) in [6.07, 6.45) is -4.59. The molecule has 0 aliphatic heterocycles. The fourth-order valence-corrected chi connectivity index (χ4v) is 3.75. The molecule has 0 bridgehead atoms. The van der Waals surface area contributed by atoms with Gasteiger partial charge in [-0.25, -0.2) is 8.42 Å². The molecule has 0 spiro atoms. The fourth-order valence-electron chi connectivity index (χ4n) is 2.59. The van der Waals surface area contributed by atoms with Gasteiger partial charge in [0.05, 0.1) is 21.8 Å². The Morgan fingerprint density at radius 2 is 1.45 bits per heavy atom. The zero-order valence-corrected chi connectivity index (χ0v) is 22.5. The van der Waals surface area contributed by atoms with Gasteiger partial charge in [-0.15, -0.1) is 5.11 Å². The minimum atomic E-state index is -5.06. The molecule has 9 nitrogen and oxygen atoms in total. The van der Waals surface area contributed by atoms with E-state index >= 15 is 0 Å². The third kappa shape index (κ3) is 6.97. The van der Waals surface area contributed by atoms with E-state index in [1.165, 1.54) is 0 Å². The molecule has 0 aromatic heterocycles. The van der Waals surface area contributed by atoms with Crippen molar-refractivity contribution in [3.05, 3.63) is 54.1 Å². The van der Waals surface area contributed by atoms with Crippen LogP contribution in [0.1, 0.15) is 5.56 Å². The van der Waals surface area contributed by atoms with E-state index in [2.05, 4.69) is 10.2 Å². The maximum Gasteiger partial charge on any atom is 1.00 e. The van der Waals surface area contributed by atoms with Crippen LogP contribution < -0.4 is 64.2 Å². The summed E-state index contributed by atoms with van der Waals surface area (Å²) in [6.45, 7) is 0. The molecule has 0 saturated carbocycles. The summed E-state index contributed by atoms with van der Waals surface area (Å²) < 4.78 is 104. The molecule has 0 radical (unpaired) electrons. The second kappa shape index (κ2) is 10.7. The third-order valence-corrected chi connectivity index (χ3v) is 5.73. The first-order valence-corrected chi connectivity index (χ1v) is 10.8. The van der Waals surface area contributed by atoms with Crippen LogP contribution in [0.5, 0.6) is 5.75 Å². The van der Waals surface area contributed by atoms with Crippen molar-refractivity contribution in [3.8, 4) is 5.75 Å². The molecule has 3 aromatic carbocycles. The number of alkyl halides is 3. The van der Waals surface area contributed by atoms with Crippen molar-refractivity contribution >= 4 is 42.4 Å². The topological polar surface area (TPSA) is 159 Å². The SMILES string of the molecule is O=S(=O)([O-])c1ccc2c([O-])c(N=Nc3ccc(C(F)(F)F)cc3)c(S(=O)(=O)O)cc2c1.[Na+].[Na+]. The van der Waals surface area contributed by atoms with Crippen LogP contribution in [0.15, 0.2) is 68.6 Å². The summed E-state index contributed by atoms with van der Waals surface area (Å²) >= 11 is 0. The maximum absolute atomic E-state index is 12.7. The normalized spacial score (nSPS) is 12.4. The van der Waals surface area contributed by atoms with Gasteiger partial charge in [0.25, 0.3) is 10.1 Å². The van der Waals surface area contributed by atoms with Gasteiger partial charge in [-0.1, -0.05) is 11.8 Å². The summed E-state index contributed by atoms with van der Waals surface area (Å²) in [5, 5.41) is 19.2. The number of hydrogen-bond donors (Lipinski definition) is 1. The van der Waals surface area contributed by atoms with E-state index in [1.54, 1.807) is 0 Å². The Labute approximate surface area is 229 Å². The second-order valence-electron chi connectivity index (χ2n) is 6.11. The number of halogens is 3.